The zero-order valence-corrected chi connectivity index (χ0v) is 12.8. The SMILES string of the molecule is O=COC=C(CCc1ccc(Cl)cc1Cl)c1ccccc1. The number of carbonyl (C=O) groups is 1. The lowest BCUT2D eigenvalue weighted by Gasteiger charge is -2.09. The van der Waals surface area contributed by atoms with E-state index in [1.54, 1.807) is 6.07 Å². The van der Waals surface area contributed by atoms with Crippen molar-refractivity contribution in [1.29, 1.82) is 0 Å². The molecule has 4 heteroatoms. The van der Waals surface area contributed by atoms with Gasteiger partial charge in [-0.1, -0.05) is 59.6 Å². The van der Waals surface area contributed by atoms with Crippen molar-refractivity contribution in [3.63, 3.8) is 0 Å². The van der Waals surface area contributed by atoms with E-state index in [1.165, 1.54) is 6.26 Å². The van der Waals surface area contributed by atoms with Crippen LogP contribution in [0.4, 0.5) is 0 Å². The van der Waals surface area contributed by atoms with Crippen molar-refractivity contribution >= 4 is 35.2 Å². The first-order chi connectivity index (χ1) is 10.2. The summed E-state index contributed by atoms with van der Waals surface area (Å²) in [7, 11) is 0. The highest BCUT2D eigenvalue weighted by Crippen LogP contribution is 2.26. The molecule has 0 aromatic heterocycles. The van der Waals surface area contributed by atoms with Crippen LogP contribution in [0.1, 0.15) is 17.5 Å². The average Bonchev–Trinajstić information content (AvgIpc) is 2.50. The van der Waals surface area contributed by atoms with Crippen LogP contribution < -0.4 is 0 Å². The summed E-state index contributed by atoms with van der Waals surface area (Å²) in [6.07, 6.45) is 2.92. The van der Waals surface area contributed by atoms with Gasteiger partial charge < -0.3 is 4.74 Å². The number of ether oxygens (including phenoxy) is 1. The molecule has 0 aliphatic heterocycles. The van der Waals surface area contributed by atoms with Crippen LogP contribution in [-0.4, -0.2) is 6.47 Å². The molecule has 0 aliphatic carbocycles. The van der Waals surface area contributed by atoms with Crippen molar-refractivity contribution in [2.45, 2.75) is 12.8 Å². The van der Waals surface area contributed by atoms with E-state index in [1.807, 2.05) is 42.5 Å². The molecule has 0 saturated heterocycles. The molecular formula is C17H14Cl2O2. The highest BCUT2D eigenvalue weighted by molar-refractivity contribution is 6.35. The summed E-state index contributed by atoms with van der Waals surface area (Å²) in [4.78, 5) is 10.4. The van der Waals surface area contributed by atoms with Gasteiger partial charge in [0.1, 0.15) is 0 Å². The lowest BCUT2D eigenvalue weighted by Crippen LogP contribution is -1.92. The Morgan fingerprint density at radius 2 is 1.86 bits per heavy atom. The zero-order valence-electron chi connectivity index (χ0n) is 11.3. The van der Waals surface area contributed by atoms with E-state index in [2.05, 4.69) is 0 Å². The highest BCUT2D eigenvalue weighted by atomic mass is 35.5. The molecule has 21 heavy (non-hydrogen) atoms. The molecule has 0 aliphatic rings. The van der Waals surface area contributed by atoms with Gasteiger partial charge in [0.25, 0.3) is 6.47 Å². The monoisotopic (exact) mass is 320 g/mol. The Labute approximate surface area is 134 Å². The summed E-state index contributed by atoms with van der Waals surface area (Å²) in [5, 5.41) is 1.26. The molecule has 0 spiro atoms. The Kier molecular flexibility index (Phi) is 5.85. The fourth-order valence-corrected chi connectivity index (χ4v) is 2.53. The van der Waals surface area contributed by atoms with Crippen molar-refractivity contribution in [2.75, 3.05) is 0 Å². The molecule has 0 bridgehead atoms. The first-order valence-corrected chi connectivity index (χ1v) is 7.24. The summed E-state index contributed by atoms with van der Waals surface area (Å²) in [6.45, 7) is 0.415. The lowest BCUT2D eigenvalue weighted by atomic mass is 9.99. The van der Waals surface area contributed by atoms with Gasteiger partial charge in [-0.05, 0) is 41.7 Å². The highest BCUT2D eigenvalue weighted by Gasteiger charge is 2.06. The largest absolute Gasteiger partial charge is 0.436 e. The van der Waals surface area contributed by atoms with E-state index in [4.69, 9.17) is 27.9 Å². The summed E-state index contributed by atoms with van der Waals surface area (Å²) < 4.78 is 4.79. The number of hydrogen-bond donors (Lipinski definition) is 0. The van der Waals surface area contributed by atoms with Gasteiger partial charge in [-0.15, -0.1) is 0 Å². The van der Waals surface area contributed by atoms with E-state index in [9.17, 15) is 4.79 Å². The van der Waals surface area contributed by atoms with E-state index < -0.39 is 0 Å². The molecule has 2 aromatic rings. The Morgan fingerprint density at radius 1 is 1.10 bits per heavy atom. The summed E-state index contributed by atoms with van der Waals surface area (Å²) in [5.41, 5.74) is 2.96. The number of halogens is 2. The van der Waals surface area contributed by atoms with E-state index in [0.29, 0.717) is 22.9 Å². The summed E-state index contributed by atoms with van der Waals surface area (Å²) >= 11 is 12.1. The Morgan fingerprint density at radius 3 is 2.52 bits per heavy atom. The molecule has 2 nitrogen and oxygen atoms in total. The van der Waals surface area contributed by atoms with Gasteiger partial charge in [-0.25, -0.2) is 0 Å². The van der Waals surface area contributed by atoms with Gasteiger partial charge in [0, 0.05) is 10.0 Å². The summed E-state index contributed by atoms with van der Waals surface area (Å²) in [5.74, 6) is 0. The number of carbonyl (C=O) groups excluding carboxylic acids is 1. The fourth-order valence-electron chi connectivity index (χ4n) is 2.03. The third-order valence-electron chi connectivity index (χ3n) is 3.09. The molecule has 0 amide bonds. The molecule has 2 rings (SSSR count). The van der Waals surface area contributed by atoms with Gasteiger partial charge in [-0.2, -0.15) is 0 Å². The third kappa shape index (κ3) is 4.62. The standard InChI is InChI=1S/C17H14Cl2O2/c18-16-9-8-14(17(19)10-16)6-7-15(11-21-12-20)13-4-2-1-3-5-13/h1-5,8-12H,6-7H2. The van der Waals surface area contributed by atoms with Crippen molar-refractivity contribution < 1.29 is 9.53 Å². The first kappa shape index (κ1) is 15.6. The summed E-state index contributed by atoms with van der Waals surface area (Å²) in [6, 6.07) is 15.2. The molecule has 108 valence electrons. The predicted molar refractivity (Wildman–Crippen MR) is 86.4 cm³/mol. The van der Waals surface area contributed by atoms with Crippen molar-refractivity contribution in [3.05, 3.63) is 76.0 Å². The quantitative estimate of drug-likeness (QED) is 0.544. The van der Waals surface area contributed by atoms with Crippen LogP contribution in [0.25, 0.3) is 5.57 Å². The molecule has 0 heterocycles. The maximum atomic E-state index is 10.4. The normalized spacial score (nSPS) is 11.2. The van der Waals surface area contributed by atoms with Gasteiger partial charge in [0.05, 0.1) is 6.26 Å². The first-order valence-electron chi connectivity index (χ1n) is 6.48. The number of aryl methyl sites for hydroxylation is 1. The Hall–Kier alpha value is -1.77. The van der Waals surface area contributed by atoms with E-state index >= 15 is 0 Å². The fraction of sp³-hybridized carbons (Fsp3) is 0.118. The van der Waals surface area contributed by atoms with Crippen molar-refractivity contribution in [2.24, 2.45) is 0 Å². The molecule has 0 atom stereocenters. The van der Waals surface area contributed by atoms with Gasteiger partial charge in [-0.3, -0.25) is 4.79 Å². The maximum absolute atomic E-state index is 10.4. The van der Waals surface area contributed by atoms with Crippen LogP contribution in [0.5, 0.6) is 0 Å². The molecule has 0 fully saturated rings. The lowest BCUT2D eigenvalue weighted by molar-refractivity contribution is -0.123. The van der Waals surface area contributed by atoms with Crippen LogP contribution in [-0.2, 0) is 16.0 Å². The molecule has 0 unspecified atom stereocenters. The van der Waals surface area contributed by atoms with Gasteiger partial charge in [0.15, 0.2) is 0 Å². The minimum atomic E-state index is 0.415. The van der Waals surface area contributed by atoms with Crippen LogP contribution in [0, 0.1) is 0 Å². The average molecular weight is 321 g/mol. The number of benzene rings is 2. The molecule has 0 N–H and O–H groups in total. The smallest absolute Gasteiger partial charge is 0.297 e. The van der Waals surface area contributed by atoms with Gasteiger partial charge >= 0.3 is 0 Å². The Balaban J connectivity index is 2.14. The predicted octanol–water partition coefficient (Wildman–Crippen LogP) is 5.14. The molecule has 0 saturated carbocycles. The second-order valence-corrected chi connectivity index (χ2v) is 5.32. The van der Waals surface area contributed by atoms with E-state index in [0.717, 1.165) is 23.1 Å². The number of allylic oxidation sites excluding steroid dienone is 1. The zero-order chi connectivity index (χ0) is 15.1. The van der Waals surface area contributed by atoms with Crippen LogP contribution >= 0.6 is 23.2 Å². The topological polar surface area (TPSA) is 26.3 Å². The Bertz CT molecular complexity index is 636. The molecule has 0 radical (unpaired) electrons. The van der Waals surface area contributed by atoms with Crippen LogP contribution in [0.15, 0.2) is 54.8 Å². The second-order valence-electron chi connectivity index (χ2n) is 4.48. The maximum Gasteiger partial charge on any atom is 0.297 e. The van der Waals surface area contributed by atoms with Gasteiger partial charge in [0.2, 0.25) is 0 Å². The minimum absolute atomic E-state index is 0.415. The molecule has 2 aromatic carbocycles. The number of hydrogen-bond acceptors (Lipinski definition) is 2. The number of rotatable bonds is 6. The second kappa shape index (κ2) is 7.87. The van der Waals surface area contributed by atoms with Crippen molar-refractivity contribution in [3.8, 4) is 0 Å². The van der Waals surface area contributed by atoms with Crippen LogP contribution in [0.3, 0.4) is 0 Å². The minimum Gasteiger partial charge on any atom is -0.436 e. The molecular weight excluding hydrogens is 307 g/mol. The van der Waals surface area contributed by atoms with E-state index in [-0.39, 0.29) is 0 Å². The third-order valence-corrected chi connectivity index (χ3v) is 3.68. The van der Waals surface area contributed by atoms with Crippen LogP contribution in [0.2, 0.25) is 10.0 Å². The van der Waals surface area contributed by atoms with Crippen molar-refractivity contribution in [1.82, 2.24) is 0 Å².